The summed E-state index contributed by atoms with van der Waals surface area (Å²) in [5.41, 5.74) is 4.77. The average molecular weight is 95.0 g/mol. The number of rotatable bonds is 1. The Morgan fingerprint density at radius 1 is 1.86 bits per heavy atom. The third-order valence-corrected chi connectivity index (χ3v) is 0.372. The fourth-order valence-electron chi connectivity index (χ4n) is 0. The predicted octanol–water partition coefficient (Wildman–Crippen LogP) is -4.91. The first kappa shape index (κ1) is 10.1. The molecule has 0 aliphatic rings. The molecule has 0 aromatic rings. The van der Waals surface area contributed by atoms with Crippen molar-refractivity contribution in [2.45, 2.75) is 13.0 Å². The van der Waals surface area contributed by atoms with Crippen LogP contribution in [0.5, 0.6) is 0 Å². The molecule has 4 heteroatoms. The van der Waals surface area contributed by atoms with E-state index in [0.29, 0.717) is 0 Å². The van der Waals surface area contributed by atoms with Gasteiger partial charge in [-0.05, 0) is 6.92 Å². The number of carbonyl (C=O) groups is 1. The van der Waals surface area contributed by atoms with Gasteiger partial charge in [0.15, 0.2) is 0 Å². The zero-order chi connectivity index (χ0) is 5.15. The summed E-state index contributed by atoms with van der Waals surface area (Å²) in [7, 11) is 0. The number of aliphatic carboxylic acids is 1. The maximum atomic E-state index is 9.46. The molecule has 0 fully saturated rings. The molecule has 0 bridgehead atoms. The van der Waals surface area contributed by atoms with Crippen LogP contribution < -0.4 is 29.7 Å². The van der Waals surface area contributed by atoms with Crippen molar-refractivity contribution in [3.63, 3.8) is 0 Å². The van der Waals surface area contributed by atoms with Crippen molar-refractivity contribution in [1.82, 2.24) is 0 Å². The molecular formula is C3H6LiNO2. The number of hydrogen-bond donors (Lipinski definition) is 1. The minimum absolute atomic E-state index is 0. The van der Waals surface area contributed by atoms with E-state index >= 15 is 0 Å². The topological polar surface area (TPSA) is 66.2 Å². The van der Waals surface area contributed by atoms with E-state index in [1.165, 1.54) is 6.92 Å². The quantitative estimate of drug-likeness (QED) is 0.332. The fraction of sp³-hybridized carbons (Fsp3) is 0.667. The third-order valence-electron chi connectivity index (χ3n) is 0.372. The Bertz CT molecular complexity index is 64.0. The van der Waals surface area contributed by atoms with Crippen molar-refractivity contribution >= 4 is 5.97 Å². The van der Waals surface area contributed by atoms with Crippen molar-refractivity contribution < 1.29 is 28.8 Å². The van der Waals surface area contributed by atoms with Gasteiger partial charge in [0.25, 0.3) is 0 Å². The Hall–Kier alpha value is 0.0274. The second-order valence-corrected chi connectivity index (χ2v) is 1.11. The molecule has 0 saturated heterocycles. The first-order chi connectivity index (χ1) is 2.64. The zero-order valence-electron chi connectivity index (χ0n) is 4.47. The van der Waals surface area contributed by atoms with E-state index < -0.39 is 12.0 Å². The molecule has 0 rings (SSSR count). The standard InChI is InChI=1S/C3H7NO2.Li/c1-2(4)3(5)6;/h2H,4H2,1H3,(H,5,6);/q;+1/p-1/t2-;/m0./s1. The van der Waals surface area contributed by atoms with Crippen LogP contribution >= 0.6 is 0 Å². The minimum Gasteiger partial charge on any atom is -0.548 e. The molecule has 0 heterocycles. The molecule has 0 radical (unpaired) electrons. The summed E-state index contributed by atoms with van der Waals surface area (Å²) in [5.74, 6) is -1.21. The number of carboxylic acid groups (broad SMARTS) is 1. The Morgan fingerprint density at radius 2 is 2.00 bits per heavy atom. The zero-order valence-corrected chi connectivity index (χ0v) is 4.47. The molecule has 0 aliphatic carbocycles. The van der Waals surface area contributed by atoms with E-state index in [9.17, 15) is 9.90 Å². The number of hydrogen-bond acceptors (Lipinski definition) is 3. The normalized spacial score (nSPS) is 11.7. The van der Waals surface area contributed by atoms with E-state index in [2.05, 4.69) is 0 Å². The summed E-state index contributed by atoms with van der Waals surface area (Å²) in [6.07, 6.45) is 0. The number of carboxylic acids is 1. The first-order valence-electron chi connectivity index (χ1n) is 1.61. The van der Waals surface area contributed by atoms with Crippen molar-refractivity contribution in [1.29, 1.82) is 0 Å². The second-order valence-electron chi connectivity index (χ2n) is 1.11. The molecule has 7 heavy (non-hydrogen) atoms. The summed E-state index contributed by atoms with van der Waals surface area (Å²) in [6, 6.07) is -0.843. The van der Waals surface area contributed by atoms with Crippen LogP contribution in [0.3, 0.4) is 0 Å². The van der Waals surface area contributed by atoms with E-state index in [1.54, 1.807) is 0 Å². The van der Waals surface area contributed by atoms with Crippen LogP contribution in [0.4, 0.5) is 0 Å². The van der Waals surface area contributed by atoms with Gasteiger partial charge in [-0.2, -0.15) is 0 Å². The van der Waals surface area contributed by atoms with E-state index in [1.807, 2.05) is 0 Å². The van der Waals surface area contributed by atoms with Crippen molar-refractivity contribution in [2.24, 2.45) is 5.73 Å². The summed E-state index contributed by atoms with van der Waals surface area (Å²) >= 11 is 0. The second kappa shape index (κ2) is 4.19. The van der Waals surface area contributed by atoms with Crippen LogP contribution in [-0.2, 0) is 4.79 Å². The minimum atomic E-state index is -1.21. The predicted molar refractivity (Wildman–Crippen MR) is 18.7 cm³/mol. The van der Waals surface area contributed by atoms with Crippen LogP contribution in [0.1, 0.15) is 6.92 Å². The maximum absolute atomic E-state index is 9.46. The Labute approximate surface area is 54.1 Å². The molecule has 0 aromatic carbocycles. The third kappa shape index (κ3) is 6.03. The summed E-state index contributed by atoms with van der Waals surface area (Å²) < 4.78 is 0. The molecule has 36 valence electrons. The molecule has 2 N–H and O–H groups in total. The molecule has 1 atom stereocenters. The largest absolute Gasteiger partial charge is 1.00 e. The molecule has 3 nitrogen and oxygen atoms in total. The Kier molecular flexibility index (Phi) is 6.05. The fourth-order valence-corrected chi connectivity index (χ4v) is 0. The van der Waals surface area contributed by atoms with Gasteiger partial charge in [-0.15, -0.1) is 0 Å². The maximum Gasteiger partial charge on any atom is 1.00 e. The van der Waals surface area contributed by atoms with Crippen LogP contribution in [0, 0.1) is 0 Å². The van der Waals surface area contributed by atoms with Crippen molar-refractivity contribution in [3.8, 4) is 0 Å². The van der Waals surface area contributed by atoms with Gasteiger partial charge in [-0.25, -0.2) is 0 Å². The van der Waals surface area contributed by atoms with Gasteiger partial charge in [0.2, 0.25) is 0 Å². The molecular weight excluding hydrogens is 89.0 g/mol. The van der Waals surface area contributed by atoms with Crippen LogP contribution in [0.2, 0.25) is 0 Å². The summed E-state index contributed by atoms with van der Waals surface area (Å²) in [6.45, 7) is 1.36. The van der Waals surface area contributed by atoms with Gasteiger partial charge in [-0.1, -0.05) is 0 Å². The van der Waals surface area contributed by atoms with Crippen molar-refractivity contribution in [2.75, 3.05) is 0 Å². The van der Waals surface area contributed by atoms with E-state index in [-0.39, 0.29) is 18.9 Å². The Morgan fingerprint density at radius 3 is 2.00 bits per heavy atom. The van der Waals surface area contributed by atoms with Gasteiger partial charge in [-0.3, -0.25) is 0 Å². The number of carbonyl (C=O) groups excluding carboxylic acids is 1. The molecule has 0 amide bonds. The van der Waals surface area contributed by atoms with Gasteiger partial charge in [0.1, 0.15) is 0 Å². The molecule has 0 aromatic heterocycles. The SMILES string of the molecule is C[C@H](N)C(=O)[O-].[Li+]. The van der Waals surface area contributed by atoms with E-state index in [4.69, 9.17) is 5.73 Å². The van der Waals surface area contributed by atoms with E-state index in [0.717, 1.165) is 0 Å². The summed E-state index contributed by atoms with van der Waals surface area (Å²) in [5, 5.41) is 9.46. The van der Waals surface area contributed by atoms with Crippen molar-refractivity contribution in [3.05, 3.63) is 0 Å². The molecule has 0 saturated carbocycles. The summed E-state index contributed by atoms with van der Waals surface area (Å²) in [4.78, 5) is 9.46. The van der Waals surface area contributed by atoms with Gasteiger partial charge >= 0.3 is 18.9 Å². The van der Waals surface area contributed by atoms with Gasteiger partial charge < -0.3 is 15.6 Å². The smallest absolute Gasteiger partial charge is 0.548 e. The monoisotopic (exact) mass is 95.1 g/mol. The molecule has 0 spiro atoms. The average Bonchev–Trinajstić information content (AvgIpc) is 1.36. The van der Waals surface area contributed by atoms with Gasteiger partial charge in [0.05, 0.1) is 5.97 Å². The van der Waals surface area contributed by atoms with Crippen LogP contribution in [0.15, 0.2) is 0 Å². The van der Waals surface area contributed by atoms with Crippen LogP contribution in [0.25, 0.3) is 0 Å². The Balaban J connectivity index is 0. The first-order valence-corrected chi connectivity index (χ1v) is 1.61. The molecule has 0 aliphatic heterocycles. The number of nitrogens with two attached hydrogens (primary N) is 1. The van der Waals surface area contributed by atoms with Crippen LogP contribution in [-0.4, -0.2) is 12.0 Å². The van der Waals surface area contributed by atoms with Gasteiger partial charge in [0, 0.05) is 6.04 Å². The molecule has 0 unspecified atom stereocenters.